The van der Waals surface area contributed by atoms with Crippen LogP contribution in [0.15, 0.2) is 0 Å². The number of rotatable bonds is 0. The molecule has 0 aromatic carbocycles. The van der Waals surface area contributed by atoms with E-state index in [0.29, 0.717) is 0 Å². The molecule has 8 heavy (non-hydrogen) atoms. The SMILES string of the molecule is FC1C(F)(F)C1(Cl)Cl. The van der Waals surface area contributed by atoms with Crippen LogP contribution in [0.1, 0.15) is 0 Å². The Kier molecular flexibility index (Phi) is 1.03. The van der Waals surface area contributed by atoms with Crippen LogP contribution in [0.3, 0.4) is 0 Å². The second-order valence-electron chi connectivity index (χ2n) is 1.61. The molecule has 0 radical (unpaired) electrons. The maximum atomic E-state index is 11.7. The Hall–Kier alpha value is 0.370. The van der Waals surface area contributed by atoms with Crippen LogP contribution < -0.4 is 0 Å². The van der Waals surface area contributed by atoms with Crippen LogP contribution in [-0.2, 0) is 0 Å². The topological polar surface area (TPSA) is 0 Å². The van der Waals surface area contributed by atoms with Gasteiger partial charge in [0.15, 0.2) is 0 Å². The third kappa shape index (κ3) is 0.490. The van der Waals surface area contributed by atoms with E-state index in [1.165, 1.54) is 0 Å². The van der Waals surface area contributed by atoms with Crippen LogP contribution in [0.5, 0.6) is 0 Å². The van der Waals surface area contributed by atoms with E-state index in [-0.39, 0.29) is 0 Å². The second kappa shape index (κ2) is 1.27. The predicted molar refractivity (Wildman–Crippen MR) is 24.3 cm³/mol. The van der Waals surface area contributed by atoms with Crippen molar-refractivity contribution in [2.45, 2.75) is 16.4 Å². The summed E-state index contributed by atoms with van der Waals surface area (Å²) in [5.41, 5.74) is 0. The first-order valence-corrected chi connectivity index (χ1v) is 2.56. The maximum absolute atomic E-state index is 11.7. The lowest BCUT2D eigenvalue weighted by atomic mass is 10.8. The lowest BCUT2D eigenvalue weighted by molar-refractivity contribution is 0.0852. The van der Waals surface area contributed by atoms with Gasteiger partial charge in [0.25, 0.3) is 0 Å². The number of halogens is 5. The Morgan fingerprint density at radius 2 is 1.38 bits per heavy atom. The van der Waals surface area contributed by atoms with E-state index in [4.69, 9.17) is 23.2 Å². The Labute approximate surface area is 53.6 Å². The van der Waals surface area contributed by atoms with E-state index in [9.17, 15) is 13.2 Å². The fourth-order valence-electron chi connectivity index (χ4n) is 0.306. The normalized spacial score (nSPS) is 39.4. The summed E-state index contributed by atoms with van der Waals surface area (Å²) < 4.78 is 32.5. The smallest absolute Gasteiger partial charge is 0.237 e. The van der Waals surface area contributed by atoms with Gasteiger partial charge < -0.3 is 0 Å². The van der Waals surface area contributed by atoms with Crippen LogP contribution in [0, 0.1) is 0 Å². The van der Waals surface area contributed by atoms with Crippen LogP contribution in [0.4, 0.5) is 13.2 Å². The van der Waals surface area contributed by atoms with Crippen molar-refractivity contribution in [2.75, 3.05) is 0 Å². The summed E-state index contributed by atoms with van der Waals surface area (Å²) in [5.74, 6) is -3.53. The Bertz CT molecular complexity index is 108. The highest BCUT2D eigenvalue weighted by atomic mass is 35.5. The van der Waals surface area contributed by atoms with Crippen LogP contribution in [0.25, 0.3) is 0 Å². The van der Waals surface area contributed by atoms with E-state index >= 15 is 0 Å². The third-order valence-electron chi connectivity index (χ3n) is 0.998. The summed E-state index contributed by atoms with van der Waals surface area (Å²) >= 11 is 9.45. The largest absolute Gasteiger partial charge is 0.317 e. The monoisotopic (exact) mass is 164 g/mol. The molecule has 1 saturated carbocycles. The Morgan fingerprint density at radius 3 is 1.38 bits per heavy atom. The second-order valence-corrected chi connectivity index (χ2v) is 2.99. The molecule has 0 amide bonds. The molecule has 0 heterocycles. The maximum Gasteiger partial charge on any atom is 0.317 e. The molecule has 48 valence electrons. The molecule has 0 aromatic heterocycles. The molecule has 1 rings (SSSR count). The molecular weight excluding hydrogens is 164 g/mol. The number of alkyl halides is 5. The summed E-state index contributed by atoms with van der Waals surface area (Å²) in [7, 11) is 0. The third-order valence-corrected chi connectivity index (χ3v) is 1.88. The zero-order valence-corrected chi connectivity index (χ0v) is 4.98. The van der Waals surface area contributed by atoms with Gasteiger partial charge in [-0.25, -0.2) is 4.39 Å². The van der Waals surface area contributed by atoms with E-state index < -0.39 is 16.4 Å². The van der Waals surface area contributed by atoms with E-state index in [0.717, 1.165) is 0 Å². The lowest BCUT2D eigenvalue weighted by Crippen LogP contribution is -1.99. The number of hydrogen-bond acceptors (Lipinski definition) is 0. The minimum atomic E-state index is -3.53. The zero-order chi connectivity index (χ0) is 6.58. The fraction of sp³-hybridized carbons (Fsp3) is 1.00. The quantitative estimate of drug-likeness (QED) is 0.482. The van der Waals surface area contributed by atoms with Crippen molar-refractivity contribution >= 4 is 23.2 Å². The molecule has 1 aliphatic rings. The van der Waals surface area contributed by atoms with Gasteiger partial charge in [0, 0.05) is 0 Å². The molecule has 1 atom stereocenters. The standard InChI is InChI=1S/C3HCl2F3/c4-2(5)1(6)3(2,7)8/h1H. The molecule has 0 spiro atoms. The molecule has 1 aliphatic carbocycles. The van der Waals surface area contributed by atoms with Crippen LogP contribution >= 0.6 is 23.2 Å². The highest BCUT2D eigenvalue weighted by Crippen LogP contribution is 2.62. The summed E-state index contributed by atoms with van der Waals surface area (Å²) in [6.45, 7) is 0. The van der Waals surface area contributed by atoms with Crippen LogP contribution in [0.2, 0.25) is 0 Å². The summed E-state index contributed by atoms with van der Waals surface area (Å²) in [6.07, 6.45) is -2.39. The zero-order valence-electron chi connectivity index (χ0n) is 3.47. The first-order chi connectivity index (χ1) is 3.40. The Balaban J connectivity index is 2.72. The highest BCUT2D eigenvalue weighted by molar-refractivity contribution is 6.52. The minimum Gasteiger partial charge on any atom is -0.237 e. The fourth-order valence-corrected chi connectivity index (χ4v) is 0.662. The van der Waals surface area contributed by atoms with E-state index in [2.05, 4.69) is 0 Å². The molecule has 1 unspecified atom stereocenters. The molecule has 0 saturated heterocycles. The van der Waals surface area contributed by atoms with Gasteiger partial charge in [-0.2, -0.15) is 8.78 Å². The highest BCUT2D eigenvalue weighted by Gasteiger charge is 2.82. The van der Waals surface area contributed by atoms with Gasteiger partial charge in [-0.1, -0.05) is 23.2 Å². The van der Waals surface area contributed by atoms with Gasteiger partial charge in [0.2, 0.25) is 10.5 Å². The van der Waals surface area contributed by atoms with Gasteiger partial charge >= 0.3 is 5.92 Å². The van der Waals surface area contributed by atoms with E-state index in [1.54, 1.807) is 0 Å². The average Bonchev–Trinajstić information content (AvgIpc) is 1.88. The minimum absolute atomic E-state index is 2.39. The molecule has 1 fully saturated rings. The first-order valence-electron chi connectivity index (χ1n) is 1.80. The number of hydrogen-bond donors (Lipinski definition) is 0. The van der Waals surface area contributed by atoms with Crippen molar-refractivity contribution < 1.29 is 13.2 Å². The Morgan fingerprint density at radius 1 is 1.25 bits per heavy atom. The van der Waals surface area contributed by atoms with Gasteiger partial charge in [0.1, 0.15) is 0 Å². The van der Waals surface area contributed by atoms with Crippen LogP contribution in [-0.4, -0.2) is 16.4 Å². The van der Waals surface area contributed by atoms with Crippen molar-refractivity contribution in [3.8, 4) is 0 Å². The van der Waals surface area contributed by atoms with Crippen molar-refractivity contribution in [1.82, 2.24) is 0 Å². The van der Waals surface area contributed by atoms with Gasteiger partial charge in [0.05, 0.1) is 0 Å². The summed E-state index contributed by atoms with van der Waals surface area (Å²) in [5, 5.41) is 0. The lowest BCUT2D eigenvalue weighted by Gasteiger charge is -1.88. The van der Waals surface area contributed by atoms with Crippen molar-refractivity contribution in [3.05, 3.63) is 0 Å². The van der Waals surface area contributed by atoms with Gasteiger partial charge in [-0.15, -0.1) is 0 Å². The average molecular weight is 165 g/mol. The summed E-state index contributed by atoms with van der Waals surface area (Å²) in [6, 6.07) is 0. The molecule has 0 N–H and O–H groups in total. The molecule has 0 aliphatic heterocycles. The molecule has 0 nitrogen and oxygen atoms in total. The first kappa shape index (κ1) is 6.49. The molecule has 0 bridgehead atoms. The van der Waals surface area contributed by atoms with Gasteiger partial charge in [-0.05, 0) is 0 Å². The van der Waals surface area contributed by atoms with Gasteiger partial charge in [-0.3, -0.25) is 0 Å². The molecule has 5 heteroatoms. The van der Waals surface area contributed by atoms with E-state index in [1.807, 2.05) is 0 Å². The summed E-state index contributed by atoms with van der Waals surface area (Å²) in [4.78, 5) is 0. The predicted octanol–water partition coefficient (Wildman–Crippen LogP) is 2.15. The van der Waals surface area contributed by atoms with Crippen molar-refractivity contribution in [1.29, 1.82) is 0 Å². The molecular formula is C3HCl2F3. The molecule has 0 aromatic rings. The van der Waals surface area contributed by atoms with Crippen molar-refractivity contribution in [2.24, 2.45) is 0 Å². The van der Waals surface area contributed by atoms with Crippen molar-refractivity contribution in [3.63, 3.8) is 0 Å².